The maximum absolute atomic E-state index is 12.8. The van der Waals surface area contributed by atoms with Crippen molar-refractivity contribution in [3.8, 4) is 0 Å². The molecular formula is C11H15F3N2O3S. The number of rotatable bonds is 6. The van der Waals surface area contributed by atoms with Gasteiger partial charge in [-0.05, 0) is 17.7 Å². The topological polar surface area (TPSA) is 81.4 Å². The van der Waals surface area contributed by atoms with E-state index in [-0.39, 0.29) is 30.2 Å². The number of anilines is 1. The van der Waals surface area contributed by atoms with Gasteiger partial charge < -0.3 is 10.5 Å². The van der Waals surface area contributed by atoms with Crippen LogP contribution in [0.3, 0.4) is 0 Å². The molecule has 0 bridgehead atoms. The number of hydrogen-bond acceptors (Lipinski definition) is 4. The normalized spacial score (nSPS) is 12.4. The van der Waals surface area contributed by atoms with Gasteiger partial charge in [-0.25, -0.2) is 8.42 Å². The molecule has 9 heteroatoms. The van der Waals surface area contributed by atoms with Crippen LogP contribution >= 0.6 is 0 Å². The monoisotopic (exact) mass is 312 g/mol. The van der Waals surface area contributed by atoms with Gasteiger partial charge in [0.15, 0.2) is 0 Å². The van der Waals surface area contributed by atoms with Gasteiger partial charge in [0.2, 0.25) is 10.0 Å². The highest BCUT2D eigenvalue weighted by molar-refractivity contribution is 7.92. The van der Waals surface area contributed by atoms with Crippen molar-refractivity contribution in [1.29, 1.82) is 0 Å². The highest BCUT2D eigenvalue weighted by Gasteiger charge is 2.33. The molecule has 1 rings (SSSR count). The van der Waals surface area contributed by atoms with Crippen molar-refractivity contribution in [2.45, 2.75) is 12.7 Å². The number of hydrogen-bond donors (Lipinski definition) is 2. The second kappa shape index (κ2) is 6.42. The van der Waals surface area contributed by atoms with Crippen LogP contribution in [0.25, 0.3) is 0 Å². The van der Waals surface area contributed by atoms with Crippen molar-refractivity contribution in [2.75, 3.05) is 24.2 Å². The molecule has 0 saturated heterocycles. The molecule has 0 aliphatic rings. The van der Waals surface area contributed by atoms with Crippen LogP contribution in [0, 0.1) is 0 Å². The number of sulfonamides is 1. The predicted molar refractivity (Wildman–Crippen MR) is 68.6 cm³/mol. The van der Waals surface area contributed by atoms with Crippen LogP contribution in [0.5, 0.6) is 0 Å². The summed E-state index contributed by atoms with van der Waals surface area (Å²) >= 11 is 0. The fourth-order valence-electron chi connectivity index (χ4n) is 1.51. The van der Waals surface area contributed by atoms with Gasteiger partial charge in [-0.2, -0.15) is 13.2 Å². The summed E-state index contributed by atoms with van der Waals surface area (Å²) in [5.74, 6) is -0.344. The van der Waals surface area contributed by atoms with E-state index < -0.39 is 21.8 Å². The zero-order chi connectivity index (χ0) is 15.4. The van der Waals surface area contributed by atoms with E-state index in [1.807, 2.05) is 0 Å². The third kappa shape index (κ3) is 4.66. The Kier molecular flexibility index (Phi) is 5.37. The van der Waals surface area contributed by atoms with Crippen LogP contribution in [-0.4, -0.2) is 27.9 Å². The van der Waals surface area contributed by atoms with E-state index in [9.17, 15) is 21.6 Å². The number of alkyl halides is 3. The van der Waals surface area contributed by atoms with Crippen LogP contribution in [0.4, 0.5) is 18.9 Å². The fourth-order valence-corrected chi connectivity index (χ4v) is 2.48. The summed E-state index contributed by atoms with van der Waals surface area (Å²) in [6.07, 6.45) is -4.59. The van der Waals surface area contributed by atoms with Crippen molar-refractivity contribution in [1.82, 2.24) is 0 Å². The quantitative estimate of drug-likeness (QED) is 0.835. The lowest BCUT2D eigenvalue weighted by atomic mass is 10.1. The first-order chi connectivity index (χ1) is 9.19. The van der Waals surface area contributed by atoms with Gasteiger partial charge >= 0.3 is 6.18 Å². The number of methoxy groups -OCH3 is 1. The van der Waals surface area contributed by atoms with Gasteiger partial charge in [0, 0.05) is 19.3 Å². The van der Waals surface area contributed by atoms with Crippen LogP contribution in [0.1, 0.15) is 11.1 Å². The number of benzene rings is 1. The molecule has 20 heavy (non-hydrogen) atoms. The standard InChI is InChI=1S/C11H15F3N2O3S/c1-19-4-5-20(17,18)16-9-3-2-8(7-15)10(6-9)11(12,13)14/h2-3,6,16H,4-5,7,15H2,1H3. The summed E-state index contributed by atoms with van der Waals surface area (Å²) in [7, 11) is -2.43. The molecule has 0 atom stereocenters. The zero-order valence-corrected chi connectivity index (χ0v) is 11.5. The largest absolute Gasteiger partial charge is 0.416 e. The van der Waals surface area contributed by atoms with Gasteiger partial charge in [-0.3, -0.25) is 4.72 Å². The number of halogens is 3. The molecular weight excluding hydrogens is 297 g/mol. The SMILES string of the molecule is COCCS(=O)(=O)Nc1ccc(CN)c(C(F)(F)F)c1. The molecule has 0 aliphatic heterocycles. The van der Waals surface area contributed by atoms with E-state index in [2.05, 4.69) is 9.46 Å². The summed E-state index contributed by atoms with van der Waals surface area (Å²) in [4.78, 5) is 0. The first kappa shape index (κ1) is 16.7. The fraction of sp³-hybridized carbons (Fsp3) is 0.455. The summed E-state index contributed by atoms with van der Waals surface area (Å²) < 4.78 is 68.2. The molecule has 0 aliphatic carbocycles. The van der Waals surface area contributed by atoms with Gasteiger partial charge in [-0.15, -0.1) is 0 Å². The Hall–Kier alpha value is -1.32. The first-order valence-corrected chi connectivity index (χ1v) is 7.24. The minimum atomic E-state index is -4.59. The molecule has 0 saturated carbocycles. The molecule has 3 N–H and O–H groups in total. The average molecular weight is 312 g/mol. The van der Waals surface area contributed by atoms with E-state index >= 15 is 0 Å². The third-order valence-electron chi connectivity index (χ3n) is 2.46. The van der Waals surface area contributed by atoms with Crippen LogP contribution in [0.2, 0.25) is 0 Å². The molecule has 0 spiro atoms. The molecule has 0 unspecified atom stereocenters. The summed E-state index contributed by atoms with van der Waals surface area (Å²) in [6, 6.07) is 3.12. The Labute approximate surface area is 115 Å². The zero-order valence-electron chi connectivity index (χ0n) is 10.7. The molecule has 0 fully saturated rings. The highest BCUT2D eigenvalue weighted by Crippen LogP contribution is 2.33. The van der Waals surface area contributed by atoms with Crippen molar-refractivity contribution in [3.05, 3.63) is 29.3 Å². The van der Waals surface area contributed by atoms with Crippen molar-refractivity contribution < 1.29 is 26.3 Å². The van der Waals surface area contributed by atoms with E-state index in [4.69, 9.17) is 5.73 Å². The molecule has 1 aromatic rings. The molecule has 5 nitrogen and oxygen atoms in total. The maximum atomic E-state index is 12.8. The Morgan fingerprint density at radius 1 is 1.35 bits per heavy atom. The predicted octanol–water partition coefficient (Wildman–Crippen LogP) is 1.55. The minimum Gasteiger partial charge on any atom is -0.384 e. The molecule has 0 heterocycles. The Morgan fingerprint density at radius 2 is 2.00 bits per heavy atom. The lowest BCUT2D eigenvalue weighted by molar-refractivity contribution is -0.138. The van der Waals surface area contributed by atoms with E-state index in [1.54, 1.807) is 0 Å². The molecule has 0 amide bonds. The smallest absolute Gasteiger partial charge is 0.384 e. The van der Waals surface area contributed by atoms with E-state index in [0.717, 1.165) is 12.1 Å². The van der Waals surface area contributed by atoms with Crippen LogP contribution in [0.15, 0.2) is 18.2 Å². The Bertz CT molecular complexity index is 559. The summed E-state index contributed by atoms with van der Waals surface area (Å²) in [6.45, 7) is -0.339. The van der Waals surface area contributed by atoms with Gasteiger partial charge in [0.05, 0.1) is 17.9 Å². The second-order valence-corrected chi connectivity index (χ2v) is 5.83. The number of nitrogens with two attached hydrogens (primary N) is 1. The van der Waals surface area contributed by atoms with E-state index in [0.29, 0.717) is 0 Å². The maximum Gasteiger partial charge on any atom is 0.416 e. The van der Waals surface area contributed by atoms with Crippen LogP contribution < -0.4 is 10.5 Å². The second-order valence-electron chi connectivity index (χ2n) is 3.99. The van der Waals surface area contributed by atoms with E-state index in [1.165, 1.54) is 13.2 Å². The van der Waals surface area contributed by atoms with Crippen molar-refractivity contribution in [2.24, 2.45) is 5.73 Å². The lowest BCUT2D eigenvalue weighted by Crippen LogP contribution is -2.20. The third-order valence-corrected chi connectivity index (χ3v) is 3.72. The van der Waals surface area contributed by atoms with Crippen LogP contribution in [-0.2, 0) is 27.5 Å². The molecule has 114 valence electrons. The van der Waals surface area contributed by atoms with Gasteiger partial charge in [-0.1, -0.05) is 6.07 Å². The van der Waals surface area contributed by atoms with Crippen molar-refractivity contribution >= 4 is 15.7 Å². The van der Waals surface area contributed by atoms with Gasteiger partial charge in [0.25, 0.3) is 0 Å². The number of ether oxygens (including phenoxy) is 1. The number of nitrogens with one attached hydrogen (secondary N) is 1. The highest BCUT2D eigenvalue weighted by atomic mass is 32.2. The van der Waals surface area contributed by atoms with Gasteiger partial charge in [0.1, 0.15) is 0 Å². The lowest BCUT2D eigenvalue weighted by Gasteiger charge is -2.14. The molecule has 1 aromatic carbocycles. The summed E-state index contributed by atoms with van der Waals surface area (Å²) in [5, 5.41) is 0. The average Bonchev–Trinajstić information content (AvgIpc) is 2.35. The Morgan fingerprint density at radius 3 is 2.50 bits per heavy atom. The molecule has 0 aromatic heterocycles. The Balaban J connectivity index is 3.04. The molecule has 0 radical (unpaired) electrons. The first-order valence-electron chi connectivity index (χ1n) is 5.59. The van der Waals surface area contributed by atoms with Crippen molar-refractivity contribution in [3.63, 3.8) is 0 Å². The minimum absolute atomic E-state index is 0.0532. The summed E-state index contributed by atoms with van der Waals surface area (Å²) in [5.41, 5.74) is 4.02.